The minimum absolute atomic E-state index is 0.0664. The smallest absolute Gasteiger partial charge is 0.319 e. The SMILES string of the molecule is CC(C)(C)c1ccc(CS(=O)C(CCc2ccccc2)C(=O)O)cc1. The van der Waals surface area contributed by atoms with Crippen LogP contribution in [-0.4, -0.2) is 20.5 Å². The van der Waals surface area contributed by atoms with Crippen LogP contribution in [0.4, 0.5) is 0 Å². The van der Waals surface area contributed by atoms with Crippen LogP contribution in [0.3, 0.4) is 0 Å². The monoisotopic (exact) mass is 358 g/mol. The largest absolute Gasteiger partial charge is 0.480 e. The Morgan fingerprint density at radius 2 is 1.60 bits per heavy atom. The fourth-order valence-electron chi connectivity index (χ4n) is 2.68. The summed E-state index contributed by atoms with van der Waals surface area (Å²) in [5.74, 6) is -0.712. The molecule has 3 nitrogen and oxygen atoms in total. The highest BCUT2D eigenvalue weighted by Gasteiger charge is 2.24. The first-order valence-corrected chi connectivity index (χ1v) is 9.89. The number of carbonyl (C=O) groups is 1. The van der Waals surface area contributed by atoms with Crippen LogP contribution in [0, 0.1) is 0 Å². The zero-order valence-electron chi connectivity index (χ0n) is 15.1. The van der Waals surface area contributed by atoms with E-state index in [4.69, 9.17) is 0 Å². The molecule has 2 unspecified atom stereocenters. The Labute approximate surface area is 152 Å². The molecular formula is C21H26O3S. The average molecular weight is 359 g/mol. The maximum atomic E-state index is 12.6. The average Bonchev–Trinajstić information content (AvgIpc) is 2.55. The van der Waals surface area contributed by atoms with Gasteiger partial charge in [-0.2, -0.15) is 0 Å². The van der Waals surface area contributed by atoms with Crippen molar-refractivity contribution in [2.45, 2.75) is 50.0 Å². The highest BCUT2D eigenvalue weighted by Crippen LogP contribution is 2.23. The van der Waals surface area contributed by atoms with Gasteiger partial charge in [-0.25, -0.2) is 0 Å². The van der Waals surface area contributed by atoms with E-state index < -0.39 is 22.0 Å². The molecule has 134 valence electrons. The highest BCUT2D eigenvalue weighted by molar-refractivity contribution is 7.85. The van der Waals surface area contributed by atoms with Crippen LogP contribution < -0.4 is 0 Å². The molecule has 0 saturated carbocycles. The number of aliphatic carboxylic acids is 1. The van der Waals surface area contributed by atoms with Crippen LogP contribution in [0.1, 0.15) is 43.9 Å². The minimum Gasteiger partial charge on any atom is -0.480 e. The zero-order chi connectivity index (χ0) is 18.4. The Kier molecular flexibility index (Phi) is 6.54. The Bertz CT molecular complexity index is 715. The van der Waals surface area contributed by atoms with E-state index in [1.807, 2.05) is 54.6 Å². The molecule has 0 radical (unpaired) electrons. The predicted molar refractivity (Wildman–Crippen MR) is 103 cm³/mol. The van der Waals surface area contributed by atoms with Crippen molar-refractivity contribution in [3.8, 4) is 0 Å². The van der Waals surface area contributed by atoms with E-state index in [0.717, 1.165) is 11.1 Å². The summed E-state index contributed by atoms with van der Waals surface area (Å²) in [5, 5.41) is 8.61. The second-order valence-corrected chi connectivity index (χ2v) is 8.94. The molecule has 0 heterocycles. The molecule has 4 heteroatoms. The lowest BCUT2D eigenvalue weighted by Crippen LogP contribution is -2.27. The summed E-state index contributed by atoms with van der Waals surface area (Å²) in [6.45, 7) is 6.43. The summed E-state index contributed by atoms with van der Waals surface area (Å²) < 4.78 is 12.6. The quantitative estimate of drug-likeness (QED) is 0.802. The lowest BCUT2D eigenvalue weighted by atomic mass is 9.87. The summed E-state index contributed by atoms with van der Waals surface area (Å²) in [6.07, 6.45) is 0.999. The van der Waals surface area contributed by atoms with Gasteiger partial charge in [0.1, 0.15) is 5.25 Å². The number of carboxylic acid groups (broad SMARTS) is 1. The molecular weight excluding hydrogens is 332 g/mol. The van der Waals surface area contributed by atoms with Crippen molar-refractivity contribution in [3.05, 3.63) is 71.3 Å². The van der Waals surface area contributed by atoms with Crippen LogP contribution in [0.15, 0.2) is 54.6 Å². The molecule has 0 saturated heterocycles. The number of hydrogen-bond acceptors (Lipinski definition) is 2. The molecule has 0 spiro atoms. The molecule has 0 fully saturated rings. The van der Waals surface area contributed by atoms with Crippen LogP contribution in [0.5, 0.6) is 0 Å². The Morgan fingerprint density at radius 1 is 1.00 bits per heavy atom. The lowest BCUT2D eigenvalue weighted by molar-refractivity contribution is -0.136. The Morgan fingerprint density at radius 3 is 2.12 bits per heavy atom. The normalized spacial score (nSPS) is 14.0. The molecule has 0 aliphatic carbocycles. The fraction of sp³-hybridized carbons (Fsp3) is 0.381. The standard InChI is InChI=1S/C21H26O3S/c1-21(2,3)18-12-9-17(10-13-18)15-25(24)19(20(22)23)14-11-16-7-5-4-6-8-16/h4-10,12-13,19H,11,14-15H2,1-3H3,(H,22,23). The van der Waals surface area contributed by atoms with Crippen molar-refractivity contribution in [2.24, 2.45) is 0 Å². The Balaban J connectivity index is 2.01. The van der Waals surface area contributed by atoms with E-state index in [0.29, 0.717) is 12.8 Å². The third-order valence-electron chi connectivity index (χ3n) is 4.26. The first-order chi connectivity index (χ1) is 11.8. The third kappa shape index (κ3) is 5.82. The lowest BCUT2D eigenvalue weighted by Gasteiger charge is -2.19. The van der Waals surface area contributed by atoms with Gasteiger partial charge in [0.15, 0.2) is 0 Å². The van der Waals surface area contributed by atoms with E-state index in [1.54, 1.807) is 0 Å². The van der Waals surface area contributed by atoms with Crippen LogP contribution in [0.25, 0.3) is 0 Å². The van der Waals surface area contributed by atoms with Gasteiger partial charge in [-0.05, 0) is 34.9 Å². The maximum absolute atomic E-state index is 12.6. The first kappa shape index (κ1) is 19.4. The van der Waals surface area contributed by atoms with E-state index >= 15 is 0 Å². The van der Waals surface area contributed by atoms with Gasteiger partial charge in [-0.15, -0.1) is 0 Å². The van der Waals surface area contributed by atoms with E-state index in [-0.39, 0.29) is 11.2 Å². The van der Waals surface area contributed by atoms with Crippen molar-refractivity contribution >= 4 is 16.8 Å². The second kappa shape index (κ2) is 8.43. The zero-order valence-corrected chi connectivity index (χ0v) is 15.9. The van der Waals surface area contributed by atoms with E-state index in [1.165, 1.54) is 5.56 Å². The highest BCUT2D eigenvalue weighted by atomic mass is 32.2. The van der Waals surface area contributed by atoms with E-state index in [9.17, 15) is 14.1 Å². The third-order valence-corrected chi connectivity index (χ3v) is 5.95. The molecule has 0 aliphatic heterocycles. The molecule has 2 aromatic carbocycles. The molecule has 0 bridgehead atoms. The summed E-state index contributed by atoms with van der Waals surface area (Å²) >= 11 is 0. The van der Waals surface area contributed by atoms with Crippen molar-refractivity contribution in [3.63, 3.8) is 0 Å². The molecule has 2 rings (SSSR count). The number of benzene rings is 2. The summed E-state index contributed by atoms with van der Waals surface area (Å²) in [6, 6.07) is 17.7. The number of rotatable bonds is 7. The second-order valence-electron chi connectivity index (χ2n) is 7.32. The Hall–Kier alpha value is -1.94. The van der Waals surface area contributed by atoms with Crippen LogP contribution in [0.2, 0.25) is 0 Å². The summed E-state index contributed by atoms with van der Waals surface area (Å²) in [5.41, 5.74) is 3.26. The number of aryl methyl sites for hydroxylation is 1. The van der Waals surface area contributed by atoms with Gasteiger partial charge in [0.05, 0.1) is 0 Å². The van der Waals surface area contributed by atoms with Crippen molar-refractivity contribution in [1.82, 2.24) is 0 Å². The van der Waals surface area contributed by atoms with Gasteiger partial charge in [0, 0.05) is 16.6 Å². The molecule has 0 aromatic heterocycles. The van der Waals surface area contributed by atoms with Crippen LogP contribution in [-0.2, 0) is 33.2 Å². The van der Waals surface area contributed by atoms with Gasteiger partial charge >= 0.3 is 5.97 Å². The van der Waals surface area contributed by atoms with Crippen molar-refractivity contribution in [2.75, 3.05) is 0 Å². The van der Waals surface area contributed by atoms with Crippen molar-refractivity contribution < 1.29 is 14.1 Å². The summed E-state index contributed by atoms with van der Waals surface area (Å²) in [4.78, 5) is 11.5. The number of hydrogen-bond donors (Lipinski definition) is 1. The van der Waals surface area contributed by atoms with Crippen molar-refractivity contribution in [1.29, 1.82) is 0 Å². The molecule has 1 N–H and O–H groups in total. The molecule has 0 amide bonds. The fourth-order valence-corrected chi connectivity index (χ4v) is 4.00. The minimum atomic E-state index is -1.44. The maximum Gasteiger partial charge on any atom is 0.319 e. The van der Waals surface area contributed by atoms with Gasteiger partial charge in [0.2, 0.25) is 0 Å². The molecule has 0 aliphatic rings. The summed E-state index contributed by atoms with van der Waals surface area (Å²) in [7, 11) is -1.44. The molecule has 25 heavy (non-hydrogen) atoms. The topological polar surface area (TPSA) is 54.4 Å². The predicted octanol–water partition coefficient (Wildman–Crippen LogP) is 4.32. The number of carboxylic acids is 1. The van der Waals surface area contributed by atoms with Crippen LogP contribution >= 0.6 is 0 Å². The van der Waals surface area contributed by atoms with Gasteiger partial charge in [-0.1, -0.05) is 75.4 Å². The van der Waals surface area contributed by atoms with E-state index in [2.05, 4.69) is 20.8 Å². The van der Waals surface area contributed by atoms with Gasteiger partial charge in [-0.3, -0.25) is 9.00 Å². The van der Waals surface area contributed by atoms with Gasteiger partial charge < -0.3 is 5.11 Å². The molecule has 2 aromatic rings. The molecule has 2 atom stereocenters. The van der Waals surface area contributed by atoms with Gasteiger partial charge in [0.25, 0.3) is 0 Å². The first-order valence-electron chi connectivity index (χ1n) is 8.50.